The van der Waals surface area contributed by atoms with E-state index in [4.69, 9.17) is 9.47 Å². The molecule has 0 radical (unpaired) electrons. The van der Waals surface area contributed by atoms with Crippen LogP contribution < -0.4 is 10.1 Å². The first-order chi connectivity index (χ1) is 18.0. The van der Waals surface area contributed by atoms with Gasteiger partial charge in [0.1, 0.15) is 23.1 Å². The van der Waals surface area contributed by atoms with E-state index in [0.717, 1.165) is 16.0 Å². The molecule has 0 bridgehead atoms. The van der Waals surface area contributed by atoms with Gasteiger partial charge in [0.2, 0.25) is 0 Å². The van der Waals surface area contributed by atoms with Crippen molar-refractivity contribution < 1.29 is 29.0 Å². The third kappa shape index (κ3) is 6.36. The molecule has 2 heterocycles. The van der Waals surface area contributed by atoms with Crippen molar-refractivity contribution in [3.63, 3.8) is 0 Å². The van der Waals surface area contributed by atoms with E-state index in [1.54, 1.807) is 24.3 Å². The van der Waals surface area contributed by atoms with Gasteiger partial charge in [0, 0.05) is 16.7 Å². The molecule has 1 amide bonds. The summed E-state index contributed by atoms with van der Waals surface area (Å²) in [7, 11) is 1.24. The average Bonchev–Trinajstić information content (AvgIpc) is 3.42. The van der Waals surface area contributed by atoms with Crippen molar-refractivity contribution in [1.29, 1.82) is 0 Å². The lowest BCUT2D eigenvalue weighted by Gasteiger charge is -2.21. The highest BCUT2D eigenvalue weighted by molar-refractivity contribution is 7.13. The number of benzene rings is 2. The SMILES string of the molecule is COC(=O)[C@H](Cc1ccc(OC(C)(C)C)cc1)NC(=O)c1cc(C(=O)O)c2cc(-c3cccs3)ccc2n1. The highest BCUT2D eigenvalue weighted by Crippen LogP contribution is 2.29. The first-order valence-corrected chi connectivity index (χ1v) is 12.8. The summed E-state index contributed by atoms with van der Waals surface area (Å²) in [5.41, 5.74) is 1.49. The summed E-state index contributed by atoms with van der Waals surface area (Å²) in [6.07, 6.45) is 0.164. The molecule has 0 fully saturated rings. The van der Waals surface area contributed by atoms with Crippen LogP contribution in [0, 0.1) is 0 Å². The molecule has 1 atom stereocenters. The van der Waals surface area contributed by atoms with Crippen LogP contribution in [0.15, 0.2) is 66.0 Å². The second-order valence-corrected chi connectivity index (χ2v) is 10.6. The number of esters is 1. The number of aromatic carboxylic acids is 1. The molecule has 2 aromatic heterocycles. The number of hydrogen-bond acceptors (Lipinski definition) is 7. The topological polar surface area (TPSA) is 115 Å². The van der Waals surface area contributed by atoms with Crippen LogP contribution in [0.2, 0.25) is 0 Å². The first-order valence-electron chi connectivity index (χ1n) is 11.9. The molecule has 0 saturated heterocycles. The molecular formula is C29H28N2O6S. The van der Waals surface area contributed by atoms with Crippen LogP contribution >= 0.6 is 11.3 Å². The Hall–Kier alpha value is -4.24. The molecule has 8 nitrogen and oxygen atoms in total. The van der Waals surface area contributed by atoms with E-state index >= 15 is 0 Å². The highest BCUT2D eigenvalue weighted by Gasteiger charge is 2.25. The molecule has 4 aromatic rings. The third-order valence-electron chi connectivity index (χ3n) is 5.66. The van der Waals surface area contributed by atoms with Gasteiger partial charge in [-0.1, -0.05) is 24.3 Å². The number of hydrogen-bond donors (Lipinski definition) is 2. The zero-order chi connectivity index (χ0) is 27.4. The van der Waals surface area contributed by atoms with E-state index < -0.39 is 23.9 Å². The van der Waals surface area contributed by atoms with Crippen molar-refractivity contribution in [3.05, 3.63) is 82.9 Å². The van der Waals surface area contributed by atoms with Crippen molar-refractivity contribution in [2.24, 2.45) is 0 Å². The predicted molar refractivity (Wildman–Crippen MR) is 146 cm³/mol. The predicted octanol–water partition coefficient (Wildman–Crippen LogP) is 5.35. The Bertz CT molecular complexity index is 1470. The summed E-state index contributed by atoms with van der Waals surface area (Å²) in [4.78, 5) is 43.1. The van der Waals surface area contributed by atoms with E-state index in [9.17, 15) is 19.5 Å². The van der Waals surface area contributed by atoms with Gasteiger partial charge in [0.05, 0.1) is 18.2 Å². The number of carboxylic acids is 1. The van der Waals surface area contributed by atoms with E-state index in [1.165, 1.54) is 24.5 Å². The number of aromatic nitrogens is 1. The molecular weight excluding hydrogens is 504 g/mol. The minimum absolute atomic E-state index is 0.0531. The average molecular weight is 533 g/mol. The maximum Gasteiger partial charge on any atom is 0.336 e. The number of ether oxygens (including phenoxy) is 2. The lowest BCUT2D eigenvalue weighted by Crippen LogP contribution is -2.43. The molecule has 0 unspecified atom stereocenters. The van der Waals surface area contributed by atoms with Crippen LogP contribution in [0.25, 0.3) is 21.3 Å². The molecule has 0 saturated carbocycles. The largest absolute Gasteiger partial charge is 0.488 e. The number of methoxy groups -OCH3 is 1. The summed E-state index contributed by atoms with van der Waals surface area (Å²) in [6, 6.07) is 16.6. The fraction of sp³-hybridized carbons (Fsp3) is 0.241. The number of carbonyl (C=O) groups is 3. The highest BCUT2D eigenvalue weighted by atomic mass is 32.1. The van der Waals surface area contributed by atoms with Crippen LogP contribution in [-0.2, 0) is 16.0 Å². The summed E-state index contributed by atoms with van der Waals surface area (Å²) in [5.74, 6) is -1.81. The number of nitrogens with zero attached hydrogens (tertiary/aromatic N) is 1. The summed E-state index contributed by atoms with van der Waals surface area (Å²) < 4.78 is 10.7. The van der Waals surface area contributed by atoms with Gasteiger partial charge in [-0.15, -0.1) is 11.3 Å². The Morgan fingerprint density at radius 2 is 1.79 bits per heavy atom. The van der Waals surface area contributed by atoms with Gasteiger partial charge in [-0.2, -0.15) is 0 Å². The van der Waals surface area contributed by atoms with Crippen LogP contribution in [0.4, 0.5) is 0 Å². The zero-order valence-electron chi connectivity index (χ0n) is 21.5. The van der Waals surface area contributed by atoms with Crippen LogP contribution in [0.3, 0.4) is 0 Å². The molecule has 9 heteroatoms. The van der Waals surface area contributed by atoms with Crippen LogP contribution in [0.1, 0.15) is 47.2 Å². The first kappa shape index (κ1) is 26.8. The number of rotatable bonds is 8. The lowest BCUT2D eigenvalue weighted by molar-refractivity contribution is -0.142. The number of carboxylic acid groups (broad SMARTS) is 1. The minimum Gasteiger partial charge on any atom is -0.488 e. The van der Waals surface area contributed by atoms with Gasteiger partial charge in [-0.25, -0.2) is 14.6 Å². The van der Waals surface area contributed by atoms with Gasteiger partial charge >= 0.3 is 11.9 Å². The van der Waals surface area contributed by atoms with Gasteiger partial charge in [0.15, 0.2) is 0 Å². The van der Waals surface area contributed by atoms with Crippen molar-refractivity contribution in [2.45, 2.75) is 38.8 Å². The van der Waals surface area contributed by atoms with Crippen molar-refractivity contribution in [2.75, 3.05) is 7.11 Å². The number of carbonyl (C=O) groups excluding carboxylic acids is 2. The monoisotopic (exact) mass is 532 g/mol. The van der Waals surface area contributed by atoms with Crippen LogP contribution in [-0.4, -0.2) is 46.7 Å². The fourth-order valence-electron chi connectivity index (χ4n) is 3.97. The van der Waals surface area contributed by atoms with E-state index in [-0.39, 0.29) is 23.3 Å². The molecule has 0 aliphatic rings. The molecule has 38 heavy (non-hydrogen) atoms. The molecule has 4 rings (SSSR count). The second-order valence-electron chi connectivity index (χ2n) is 9.68. The Balaban J connectivity index is 1.59. The van der Waals surface area contributed by atoms with Gasteiger partial charge in [-0.3, -0.25) is 4.79 Å². The van der Waals surface area contributed by atoms with Gasteiger partial charge in [0.25, 0.3) is 5.91 Å². The standard InChI is InChI=1S/C29H28N2O6S/c1-29(2,3)37-19-10-7-17(8-11-19)14-24(28(35)36-4)31-26(32)23-16-21(27(33)34)20-15-18(9-12-22(20)30-23)25-6-5-13-38-25/h5-13,15-16,24H,14H2,1-4H3,(H,31,32)(H,33,34)/t24-/m0/s1. The second kappa shape index (κ2) is 11.0. The zero-order valence-corrected chi connectivity index (χ0v) is 22.3. The lowest BCUT2D eigenvalue weighted by atomic mass is 10.0. The van der Waals surface area contributed by atoms with Crippen molar-refractivity contribution in [3.8, 4) is 16.2 Å². The summed E-state index contributed by atoms with van der Waals surface area (Å²) >= 11 is 1.54. The molecule has 2 aromatic carbocycles. The van der Waals surface area contributed by atoms with Crippen molar-refractivity contribution in [1.82, 2.24) is 10.3 Å². The number of amides is 1. The summed E-state index contributed by atoms with van der Waals surface area (Å²) in [5, 5.41) is 14.9. The number of thiophene rings is 1. The molecule has 0 aliphatic carbocycles. The Morgan fingerprint density at radius 1 is 1.05 bits per heavy atom. The third-order valence-corrected chi connectivity index (χ3v) is 6.57. The van der Waals surface area contributed by atoms with E-state index in [1.807, 2.05) is 56.5 Å². The molecule has 196 valence electrons. The molecule has 0 spiro atoms. The fourth-order valence-corrected chi connectivity index (χ4v) is 4.69. The maximum absolute atomic E-state index is 13.2. The van der Waals surface area contributed by atoms with E-state index in [2.05, 4.69) is 10.3 Å². The number of pyridine rings is 1. The number of fused-ring (bicyclic) bond motifs is 1. The Morgan fingerprint density at radius 3 is 2.39 bits per heavy atom. The van der Waals surface area contributed by atoms with E-state index in [0.29, 0.717) is 16.7 Å². The Labute approximate surface area is 224 Å². The smallest absolute Gasteiger partial charge is 0.336 e. The molecule has 0 aliphatic heterocycles. The maximum atomic E-state index is 13.2. The van der Waals surface area contributed by atoms with Gasteiger partial charge in [-0.05, 0) is 73.7 Å². The quantitative estimate of drug-likeness (QED) is 0.294. The summed E-state index contributed by atoms with van der Waals surface area (Å²) in [6.45, 7) is 5.84. The minimum atomic E-state index is -1.18. The number of nitrogens with one attached hydrogen (secondary N) is 1. The van der Waals surface area contributed by atoms with Gasteiger partial charge < -0.3 is 19.9 Å². The normalized spacial score (nSPS) is 12.1. The Kier molecular flexibility index (Phi) is 7.78. The van der Waals surface area contributed by atoms with Crippen LogP contribution in [0.5, 0.6) is 5.75 Å². The molecule has 2 N–H and O–H groups in total. The van der Waals surface area contributed by atoms with Crippen molar-refractivity contribution >= 4 is 40.1 Å².